The van der Waals surface area contributed by atoms with E-state index in [0.29, 0.717) is 28.1 Å². The van der Waals surface area contributed by atoms with Crippen LogP contribution in [0.1, 0.15) is 9.67 Å². The molecule has 0 aliphatic carbocycles. The summed E-state index contributed by atoms with van der Waals surface area (Å²) in [5.74, 6) is -0.899. The van der Waals surface area contributed by atoms with Gasteiger partial charge in [0, 0.05) is 22.4 Å². The van der Waals surface area contributed by atoms with Crippen LogP contribution < -0.4 is 16.2 Å². The second kappa shape index (κ2) is 8.50. The molecule has 162 valence electrons. The van der Waals surface area contributed by atoms with E-state index in [1.165, 1.54) is 30.3 Å². The summed E-state index contributed by atoms with van der Waals surface area (Å²) in [4.78, 5) is 17.5. The van der Waals surface area contributed by atoms with Gasteiger partial charge in [0.1, 0.15) is 10.7 Å². The number of nitrogens with two attached hydrogens (primary N) is 2. The fourth-order valence-corrected chi connectivity index (χ4v) is 4.74. The summed E-state index contributed by atoms with van der Waals surface area (Å²) in [6, 6.07) is 18.6. The highest BCUT2D eigenvalue weighted by molar-refractivity contribution is 7.89. The Morgan fingerprint density at radius 2 is 1.56 bits per heavy atom. The van der Waals surface area contributed by atoms with E-state index < -0.39 is 21.7 Å². The Bertz CT molecular complexity index is 1420. The molecule has 1 aromatic heterocycles. The fraction of sp³-hybridized carbons (Fsp3) is 0. The largest absolute Gasteiger partial charge is 0.375 e. The Balaban J connectivity index is 1.75. The maximum atomic E-state index is 13.3. The molecule has 0 saturated carbocycles. The van der Waals surface area contributed by atoms with E-state index in [1.54, 1.807) is 42.5 Å². The summed E-state index contributed by atoms with van der Waals surface area (Å²) in [6.07, 6.45) is 0. The number of amides is 1. The minimum absolute atomic E-state index is 0.0595. The number of rotatable bonds is 5. The molecule has 32 heavy (non-hydrogen) atoms. The average Bonchev–Trinajstić information content (AvgIpc) is 3.16. The third-order valence-electron chi connectivity index (χ3n) is 4.63. The van der Waals surface area contributed by atoms with E-state index >= 15 is 0 Å². The first-order chi connectivity index (χ1) is 15.2. The molecule has 7 nitrogen and oxygen atoms in total. The van der Waals surface area contributed by atoms with Crippen molar-refractivity contribution in [2.75, 3.05) is 11.1 Å². The van der Waals surface area contributed by atoms with E-state index in [4.69, 9.17) is 10.9 Å². The Morgan fingerprint density at radius 1 is 0.938 bits per heavy atom. The van der Waals surface area contributed by atoms with Gasteiger partial charge in [-0.25, -0.2) is 22.9 Å². The molecular weight excluding hydrogens is 451 g/mol. The zero-order valence-electron chi connectivity index (χ0n) is 16.4. The van der Waals surface area contributed by atoms with E-state index in [9.17, 15) is 17.6 Å². The standard InChI is InChI=1S/C22H17FN4O3S2/c23-14-11-9-13(10-12-14)19-20(31-22(24)27-19)21(28)26-17-7-3-1-5-15(17)16-6-2-4-8-18(16)32(25,29)30/h1-12H,(H2,24,27)(H,26,28)(H2,25,29,30). The van der Waals surface area contributed by atoms with Crippen LogP contribution in [0.15, 0.2) is 77.7 Å². The van der Waals surface area contributed by atoms with Crippen molar-refractivity contribution in [1.29, 1.82) is 0 Å². The van der Waals surface area contributed by atoms with Gasteiger partial charge in [-0.05, 0) is 36.4 Å². The van der Waals surface area contributed by atoms with E-state index in [1.807, 2.05) is 0 Å². The normalized spacial score (nSPS) is 11.3. The molecule has 0 radical (unpaired) electrons. The number of carbonyl (C=O) groups is 1. The first-order valence-electron chi connectivity index (χ1n) is 9.29. The van der Waals surface area contributed by atoms with Crippen molar-refractivity contribution in [2.24, 2.45) is 5.14 Å². The summed E-state index contributed by atoms with van der Waals surface area (Å²) in [7, 11) is -3.99. The molecule has 4 rings (SSSR count). The lowest BCUT2D eigenvalue weighted by atomic mass is 10.0. The van der Waals surface area contributed by atoms with Crippen LogP contribution in [0.2, 0.25) is 0 Å². The highest BCUT2D eigenvalue weighted by atomic mass is 32.2. The zero-order chi connectivity index (χ0) is 22.9. The van der Waals surface area contributed by atoms with Gasteiger partial charge in [0.05, 0.1) is 10.6 Å². The first kappa shape index (κ1) is 21.6. The highest BCUT2D eigenvalue weighted by Gasteiger charge is 2.21. The topological polar surface area (TPSA) is 128 Å². The third-order valence-corrected chi connectivity index (χ3v) is 6.48. The van der Waals surface area contributed by atoms with Crippen LogP contribution in [0.25, 0.3) is 22.4 Å². The third kappa shape index (κ3) is 4.37. The number of nitrogen functional groups attached to an aromatic ring is 1. The van der Waals surface area contributed by atoms with Crippen molar-refractivity contribution >= 4 is 38.1 Å². The quantitative estimate of drug-likeness (QED) is 0.406. The number of sulfonamides is 1. The lowest BCUT2D eigenvalue weighted by molar-refractivity contribution is 0.103. The number of para-hydroxylation sites is 1. The smallest absolute Gasteiger partial charge is 0.268 e. The number of nitrogens with zero attached hydrogens (tertiary/aromatic N) is 1. The number of carbonyl (C=O) groups excluding carboxylic acids is 1. The number of thiazole rings is 1. The van der Waals surface area contributed by atoms with Gasteiger partial charge in [-0.2, -0.15) is 0 Å². The van der Waals surface area contributed by atoms with E-state index in [0.717, 1.165) is 11.3 Å². The van der Waals surface area contributed by atoms with Gasteiger partial charge < -0.3 is 11.1 Å². The van der Waals surface area contributed by atoms with Gasteiger partial charge in [-0.3, -0.25) is 4.79 Å². The van der Waals surface area contributed by atoms with Gasteiger partial charge in [-0.15, -0.1) is 0 Å². The minimum atomic E-state index is -3.99. The van der Waals surface area contributed by atoms with Crippen molar-refractivity contribution < 1.29 is 17.6 Å². The molecule has 5 N–H and O–H groups in total. The average molecular weight is 469 g/mol. The minimum Gasteiger partial charge on any atom is -0.375 e. The van der Waals surface area contributed by atoms with Gasteiger partial charge in [-0.1, -0.05) is 47.7 Å². The van der Waals surface area contributed by atoms with Gasteiger partial charge in [0.25, 0.3) is 5.91 Å². The molecule has 1 amide bonds. The van der Waals surface area contributed by atoms with Crippen molar-refractivity contribution in [3.05, 3.63) is 83.5 Å². The summed E-state index contributed by atoms with van der Waals surface area (Å²) >= 11 is 0.995. The van der Waals surface area contributed by atoms with Crippen LogP contribution in [-0.4, -0.2) is 19.3 Å². The number of aromatic nitrogens is 1. The Kier molecular flexibility index (Phi) is 5.74. The Labute approximate surface area is 187 Å². The first-order valence-corrected chi connectivity index (χ1v) is 11.6. The van der Waals surface area contributed by atoms with Crippen molar-refractivity contribution in [2.45, 2.75) is 4.90 Å². The molecule has 0 spiro atoms. The van der Waals surface area contributed by atoms with Crippen LogP contribution >= 0.6 is 11.3 Å². The molecule has 0 saturated heterocycles. The second-order valence-electron chi connectivity index (χ2n) is 6.78. The molecule has 0 aliphatic heterocycles. The number of hydrogen-bond acceptors (Lipinski definition) is 6. The van der Waals surface area contributed by atoms with Crippen LogP contribution in [0.3, 0.4) is 0 Å². The maximum Gasteiger partial charge on any atom is 0.268 e. The molecule has 0 aliphatic rings. The molecular formula is C22H17FN4O3S2. The number of benzene rings is 3. The summed E-state index contributed by atoms with van der Waals surface area (Å²) < 4.78 is 37.4. The molecule has 10 heteroatoms. The van der Waals surface area contributed by atoms with Gasteiger partial charge in [0.2, 0.25) is 10.0 Å². The lowest BCUT2D eigenvalue weighted by Crippen LogP contribution is -2.15. The van der Waals surface area contributed by atoms with Crippen molar-refractivity contribution in [3.8, 4) is 22.4 Å². The zero-order valence-corrected chi connectivity index (χ0v) is 18.1. The van der Waals surface area contributed by atoms with Crippen LogP contribution in [0.5, 0.6) is 0 Å². The molecule has 0 fully saturated rings. The predicted molar refractivity (Wildman–Crippen MR) is 123 cm³/mol. The van der Waals surface area contributed by atoms with Crippen molar-refractivity contribution in [3.63, 3.8) is 0 Å². The predicted octanol–water partition coefficient (Wildman–Crippen LogP) is 4.10. The Morgan fingerprint density at radius 3 is 2.25 bits per heavy atom. The second-order valence-corrected chi connectivity index (χ2v) is 9.34. The molecule has 0 unspecified atom stereocenters. The number of halogens is 1. The van der Waals surface area contributed by atoms with Crippen LogP contribution in [0.4, 0.5) is 15.2 Å². The molecule has 0 atom stereocenters. The Hall–Kier alpha value is -3.60. The summed E-state index contributed by atoms with van der Waals surface area (Å²) in [5.41, 5.74) is 7.92. The summed E-state index contributed by atoms with van der Waals surface area (Å²) in [5, 5.41) is 8.36. The van der Waals surface area contributed by atoms with Crippen LogP contribution in [-0.2, 0) is 10.0 Å². The van der Waals surface area contributed by atoms with Gasteiger partial charge >= 0.3 is 0 Å². The van der Waals surface area contributed by atoms with Crippen molar-refractivity contribution in [1.82, 2.24) is 4.98 Å². The molecule has 0 bridgehead atoms. The molecule has 4 aromatic rings. The maximum absolute atomic E-state index is 13.3. The number of anilines is 2. The number of primary sulfonamides is 1. The van der Waals surface area contributed by atoms with Crippen LogP contribution in [0, 0.1) is 5.82 Å². The van der Waals surface area contributed by atoms with Gasteiger partial charge in [0.15, 0.2) is 5.13 Å². The number of hydrogen-bond donors (Lipinski definition) is 3. The number of nitrogens with one attached hydrogen (secondary N) is 1. The fourth-order valence-electron chi connectivity index (χ4n) is 3.24. The SMILES string of the molecule is Nc1nc(-c2ccc(F)cc2)c(C(=O)Nc2ccccc2-c2ccccc2S(N)(=O)=O)s1. The van der Waals surface area contributed by atoms with E-state index in [2.05, 4.69) is 10.3 Å². The molecule has 3 aromatic carbocycles. The highest BCUT2D eigenvalue weighted by Crippen LogP contribution is 2.34. The molecule has 1 heterocycles. The lowest BCUT2D eigenvalue weighted by Gasteiger charge is -2.14. The van der Waals surface area contributed by atoms with E-state index in [-0.39, 0.29) is 14.9 Å². The monoisotopic (exact) mass is 468 g/mol. The summed E-state index contributed by atoms with van der Waals surface area (Å²) in [6.45, 7) is 0.